The van der Waals surface area contributed by atoms with Gasteiger partial charge in [0.1, 0.15) is 9.23 Å². The number of carbonyl (C=O) groups is 2. The zero-order chi connectivity index (χ0) is 17.1. The Morgan fingerprint density at radius 3 is 2.48 bits per heavy atom. The number of hydrogen-bond acceptors (Lipinski definition) is 6. The lowest BCUT2D eigenvalue weighted by atomic mass is 10.3. The zero-order valence-electron chi connectivity index (χ0n) is 12.9. The van der Waals surface area contributed by atoms with Crippen LogP contribution in [0.15, 0.2) is 44.8 Å². The van der Waals surface area contributed by atoms with Crippen molar-refractivity contribution in [3.8, 4) is 0 Å². The minimum atomic E-state index is -0.921. The topological polar surface area (TPSA) is 60.9 Å². The molecule has 23 heavy (non-hydrogen) atoms. The molecule has 2 heterocycles. The average molecular weight is 369 g/mol. The fourth-order valence-electron chi connectivity index (χ4n) is 1.98. The number of nitrogens with zero attached hydrogens (tertiary/aromatic N) is 2. The van der Waals surface area contributed by atoms with Crippen molar-refractivity contribution in [1.29, 1.82) is 0 Å². The van der Waals surface area contributed by atoms with Gasteiger partial charge in [-0.15, -0.1) is 0 Å². The Morgan fingerprint density at radius 2 is 1.96 bits per heavy atom. The van der Waals surface area contributed by atoms with Gasteiger partial charge in [-0.05, 0) is 26.0 Å². The van der Waals surface area contributed by atoms with Crippen molar-refractivity contribution in [2.75, 3.05) is 13.6 Å². The fraction of sp³-hybridized carbons (Fsp3) is 0.267. The summed E-state index contributed by atoms with van der Waals surface area (Å²) in [7, 11) is 1.82. The number of thioether (sulfide) groups is 2. The minimum absolute atomic E-state index is 0.0714. The van der Waals surface area contributed by atoms with Crippen molar-refractivity contribution in [1.82, 2.24) is 9.80 Å². The third-order valence-electron chi connectivity index (χ3n) is 3.35. The van der Waals surface area contributed by atoms with E-state index in [1.807, 2.05) is 24.9 Å². The number of amides is 1. The second kappa shape index (κ2) is 7.37. The van der Waals surface area contributed by atoms with Gasteiger partial charge in [-0.1, -0.05) is 47.9 Å². The van der Waals surface area contributed by atoms with E-state index >= 15 is 0 Å². The first-order chi connectivity index (χ1) is 10.9. The number of allylic oxidation sites excluding steroid dienone is 5. The molecular weight excluding hydrogens is 352 g/mol. The van der Waals surface area contributed by atoms with Gasteiger partial charge >= 0.3 is 5.97 Å². The molecule has 1 N–H and O–H groups in total. The van der Waals surface area contributed by atoms with Gasteiger partial charge in [-0.25, -0.2) is 4.79 Å². The zero-order valence-corrected chi connectivity index (χ0v) is 15.3. The Labute approximate surface area is 148 Å². The molecule has 0 atom stereocenters. The van der Waals surface area contributed by atoms with Crippen LogP contribution in [0.4, 0.5) is 0 Å². The summed E-state index contributed by atoms with van der Waals surface area (Å²) < 4.78 is 0.576. The van der Waals surface area contributed by atoms with Crippen LogP contribution in [0.25, 0.3) is 0 Å². The van der Waals surface area contributed by atoms with Crippen LogP contribution in [0, 0.1) is 0 Å². The summed E-state index contributed by atoms with van der Waals surface area (Å²) in [5.74, 6) is -0.993. The quantitative estimate of drug-likeness (QED) is 0.604. The van der Waals surface area contributed by atoms with Gasteiger partial charge in [0.15, 0.2) is 0 Å². The molecule has 0 aromatic heterocycles. The van der Waals surface area contributed by atoms with Crippen molar-refractivity contribution in [2.24, 2.45) is 0 Å². The van der Waals surface area contributed by atoms with Crippen molar-refractivity contribution < 1.29 is 14.7 Å². The third-order valence-corrected chi connectivity index (χ3v) is 6.04. The minimum Gasteiger partial charge on any atom is -0.477 e. The van der Waals surface area contributed by atoms with Gasteiger partial charge in [0.05, 0.1) is 9.93 Å². The summed E-state index contributed by atoms with van der Waals surface area (Å²) in [6.07, 6.45) is 7.10. The van der Waals surface area contributed by atoms with Gasteiger partial charge in [0.2, 0.25) is 0 Å². The molecule has 8 heteroatoms. The van der Waals surface area contributed by atoms with Gasteiger partial charge in [0.25, 0.3) is 5.91 Å². The highest BCUT2D eigenvalue weighted by Crippen LogP contribution is 2.39. The van der Waals surface area contributed by atoms with Crippen LogP contribution in [-0.4, -0.2) is 44.7 Å². The number of hydrogen-bond donors (Lipinski definition) is 1. The predicted octanol–water partition coefficient (Wildman–Crippen LogP) is 3.14. The number of aliphatic carboxylic acids is 1. The lowest BCUT2D eigenvalue weighted by Crippen LogP contribution is -2.27. The highest BCUT2D eigenvalue weighted by Gasteiger charge is 2.30. The van der Waals surface area contributed by atoms with Gasteiger partial charge < -0.3 is 10.0 Å². The molecule has 0 aromatic rings. The smallest absolute Gasteiger partial charge is 0.344 e. The predicted molar refractivity (Wildman–Crippen MR) is 98.6 cm³/mol. The number of thiocarbonyl (C=S) groups is 1. The largest absolute Gasteiger partial charge is 0.477 e. The number of likely N-dealkylation sites (N-methyl/N-ethyl adjacent to an activating group) is 1. The maximum atomic E-state index is 12.0. The van der Waals surface area contributed by atoms with E-state index in [1.54, 1.807) is 30.1 Å². The first-order valence-corrected chi connectivity index (χ1v) is 8.89. The normalized spacial score (nSPS) is 22.6. The van der Waals surface area contributed by atoms with E-state index in [0.717, 1.165) is 5.03 Å². The SMILES string of the molecule is CCN1C(=O)/C(=C/C=C/C=C2/SC(C(=O)O)=C(C)N2C)SC1=S. The van der Waals surface area contributed by atoms with E-state index in [9.17, 15) is 9.59 Å². The molecule has 0 radical (unpaired) electrons. The summed E-state index contributed by atoms with van der Waals surface area (Å²) in [5.41, 5.74) is 0.714. The van der Waals surface area contributed by atoms with Crippen LogP contribution >= 0.6 is 35.7 Å². The first-order valence-electron chi connectivity index (χ1n) is 6.84. The van der Waals surface area contributed by atoms with Gasteiger partial charge in [-0.3, -0.25) is 9.69 Å². The van der Waals surface area contributed by atoms with Crippen molar-refractivity contribution in [3.63, 3.8) is 0 Å². The highest BCUT2D eigenvalue weighted by molar-refractivity contribution is 8.26. The monoisotopic (exact) mass is 368 g/mol. The van der Waals surface area contributed by atoms with Crippen molar-refractivity contribution in [2.45, 2.75) is 13.8 Å². The van der Waals surface area contributed by atoms with Crippen LogP contribution < -0.4 is 0 Å². The van der Waals surface area contributed by atoms with E-state index in [1.165, 1.54) is 23.5 Å². The molecule has 5 nitrogen and oxygen atoms in total. The molecule has 2 rings (SSSR count). The molecule has 1 amide bonds. The first kappa shape index (κ1) is 17.8. The molecule has 0 unspecified atom stereocenters. The van der Waals surface area contributed by atoms with E-state index in [0.29, 0.717) is 26.4 Å². The van der Waals surface area contributed by atoms with Crippen LogP contribution in [-0.2, 0) is 9.59 Å². The van der Waals surface area contributed by atoms with Gasteiger partial charge in [0, 0.05) is 19.3 Å². The molecule has 2 aliphatic heterocycles. The van der Waals surface area contributed by atoms with E-state index in [2.05, 4.69) is 0 Å². The number of carboxylic acids is 1. The molecule has 0 aliphatic carbocycles. The van der Waals surface area contributed by atoms with E-state index < -0.39 is 5.97 Å². The summed E-state index contributed by atoms with van der Waals surface area (Å²) in [4.78, 5) is 27.5. The average Bonchev–Trinajstić information content (AvgIpc) is 2.94. The highest BCUT2D eigenvalue weighted by atomic mass is 32.2. The van der Waals surface area contributed by atoms with Crippen LogP contribution in [0.3, 0.4) is 0 Å². The molecule has 0 aromatic carbocycles. The Balaban J connectivity index is 2.06. The van der Waals surface area contributed by atoms with Gasteiger partial charge in [-0.2, -0.15) is 0 Å². The Hall–Kier alpha value is -1.51. The maximum absolute atomic E-state index is 12.0. The van der Waals surface area contributed by atoms with E-state index in [-0.39, 0.29) is 5.91 Å². The molecule has 0 bridgehead atoms. The standard InChI is InChI=1S/C15H16N2O3S3/c1-4-17-13(18)10(22-15(17)21)7-5-6-8-11-16(3)9(2)12(23-11)14(19)20/h5-8H,4H2,1-3H3,(H,19,20)/b6-5+,10-7-,11-8+. The third kappa shape index (κ3) is 3.70. The van der Waals surface area contributed by atoms with Crippen molar-refractivity contribution >= 4 is 51.9 Å². The number of rotatable bonds is 4. The second-order valence-electron chi connectivity index (χ2n) is 4.72. The Morgan fingerprint density at radius 1 is 1.30 bits per heavy atom. The molecule has 122 valence electrons. The van der Waals surface area contributed by atoms with Crippen molar-refractivity contribution in [3.05, 3.63) is 44.8 Å². The molecule has 1 fully saturated rings. The molecular formula is C15H16N2O3S3. The van der Waals surface area contributed by atoms with E-state index in [4.69, 9.17) is 17.3 Å². The number of carboxylic acid groups (broad SMARTS) is 1. The molecule has 0 spiro atoms. The summed E-state index contributed by atoms with van der Waals surface area (Å²) >= 11 is 7.65. The maximum Gasteiger partial charge on any atom is 0.344 e. The molecule has 1 saturated heterocycles. The number of carbonyl (C=O) groups excluding carboxylic acids is 1. The summed E-state index contributed by atoms with van der Waals surface area (Å²) in [6.45, 7) is 4.23. The summed E-state index contributed by atoms with van der Waals surface area (Å²) in [5, 5.41) is 9.94. The summed E-state index contributed by atoms with van der Waals surface area (Å²) in [6, 6.07) is 0. The molecule has 0 saturated carbocycles. The molecule has 2 aliphatic rings. The Bertz CT molecular complexity index is 692. The Kier molecular flexibility index (Phi) is 5.72. The second-order valence-corrected chi connectivity index (χ2v) is 7.43. The van der Waals surface area contributed by atoms with Crippen LogP contribution in [0.5, 0.6) is 0 Å². The fourth-order valence-corrected chi connectivity index (χ4v) is 4.31. The van der Waals surface area contributed by atoms with Crippen LogP contribution in [0.2, 0.25) is 0 Å². The lowest BCUT2D eigenvalue weighted by Gasteiger charge is -2.13. The lowest BCUT2D eigenvalue weighted by molar-refractivity contribution is -0.131. The van der Waals surface area contributed by atoms with Crippen LogP contribution in [0.1, 0.15) is 13.8 Å².